The number of carbonyl (C=O) groups is 1. The number of thioether (sulfide) groups is 1. The Kier molecular flexibility index (Phi) is 6.91. The lowest BCUT2D eigenvalue weighted by molar-refractivity contribution is -0.113. The minimum absolute atomic E-state index is 0.309. The van der Waals surface area contributed by atoms with Crippen molar-refractivity contribution in [2.45, 2.75) is 33.1 Å². The van der Waals surface area contributed by atoms with Crippen LogP contribution in [0.2, 0.25) is 0 Å². The van der Waals surface area contributed by atoms with Crippen molar-refractivity contribution in [2.75, 3.05) is 18.2 Å². The zero-order chi connectivity index (χ0) is 21.7. The van der Waals surface area contributed by atoms with Crippen molar-refractivity contribution in [1.82, 2.24) is 5.32 Å². The maximum atomic E-state index is 13.4. The molecule has 1 unspecified atom stereocenters. The number of methoxy groups -OCH3 is 1. The number of nitrogens with zero attached hydrogens (tertiary/aromatic N) is 1. The van der Waals surface area contributed by atoms with Crippen molar-refractivity contribution in [2.24, 2.45) is 0 Å². The number of nitriles is 1. The molecule has 2 aromatic rings. The van der Waals surface area contributed by atoms with E-state index in [0.29, 0.717) is 34.0 Å². The average Bonchev–Trinajstić information content (AvgIpc) is 3.17. The quantitative estimate of drug-likeness (QED) is 0.646. The SMILES string of the molecule is CCCSC1=C(C#N)C(c2ccc(C)o2)C(C(=O)Nc2ccccc2OC)=C(C)N1. The van der Waals surface area contributed by atoms with E-state index < -0.39 is 5.92 Å². The number of aryl methyl sites for hydroxylation is 1. The highest BCUT2D eigenvalue weighted by molar-refractivity contribution is 8.03. The maximum absolute atomic E-state index is 13.4. The van der Waals surface area contributed by atoms with Gasteiger partial charge in [0.15, 0.2) is 0 Å². The molecule has 30 heavy (non-hydrogen) atoms. The van der Waals surface area contributed by atoms with Gasteiger partial charge in [-0.2, -0.15) is 5.26 Å². The van der Waals surface area contributed by atoms with Crippen molar-refractivity contribution in [3.63, 3.8) is 0 Å². The molecular formula is C23H25N3O3S. The Balaban J connectivity index is 2.04. The van der Waals surface area contributed by atoms with Crippen molar-refractivity contribution in [3.05, 3.63) is 69.8 Å². The predicted molar refractivity (Wildman–Crippen MR) is 119 cm³/mol. The lowest BCUT2D eigenvalue weighted by Crippen LogP contribution is -2.30. The third-order valence-electron chi connectivity index (χ3n) is 4.74. The van der Waals surface area contributed by atoms with Crippen LogP contribution in [0.1, 0.15) is 37.7 Å². The molecule has 0 spiro atoms. The summed E-state index contributed by atoms with van der Waals surface area (Å²) in [4.78, 5) is 13.4. The zero-order valence-electron chi connectivity index (χ0n) is 17.5. The summed E-state index contributed by atoms with van der Waals surface area (Å²) in [6.45, 7) is 5.78. The van der Waals surface area contributed by atoms with Crippen LogP contribution in [0, 0.1) is 18.3 Å². The third kappa shape index (κ3) is 4.39. The summed E-state index contributed by atoms with van der Waals surface area (Å²) in [5, 5.41) is 16.9. The van der Waals surface area contributed by atoms with Crippen LogP contribution in [0.3, 0.4) is 0 Å². The topological polar surface area (TPSA) is 87.3 Å². The summed E-state index contributed by atoms with van der Waals surface area (Å²) < 4.78 is 11.2. The van der Waals surface area contributed by atoms with Crippen molar-refractivity contribution in [1.29, 1.82) is 5.26 Å². The Morgan fingerprint density at radius 1 is 1.30 bits per heavy atom. The van der Waals surface area contributed by atoms with Crippen molar-refractivity contribution in [3.8, 4) is 11.8 Å². The Morgan fingerprint density at radius 3 is 2.70 bits per heavy atom. The smallest absolute Gasteiger partial charge is 0.254 e. The number of hydrogen-bond acceptors (Lipinski definition) is 6. The van der Waals surface area contributed by atoms with Gasteiger partial charge in [-0.05, 0) is 50.3 Å². The first-order valence-electron chi connectivity index (χ1n) is 9.75. The Labute approximate surface area is 181 Å². The minimum Gasteiger partial charge on any atom is -0.495 e. The van der Waals surface area contributed by atoms with Gasteiger partial charge >= 0.3 is 0 Å². The van der Waals surface area contributed by atoms with Crippen LogP contribution in [-0.2, 0) is 4.79 Å². The number of allylic oxidation sites excluding steroid dienone is 2. The second-order valence-electron chi connectivity index (χ2n) is 6.90. The molecule has 156 valence electrons. The van der Waals surface area contributed by atoms with E-state index in [9.17, 15) is 10.1 Å². The Bertz CT molecular complexity index is 1050. The number of hydrogen-bond donors (Lipinski definition) is 2. The van der Waals surface area contributed by atoms with E-state index in [4.69, 9.17) is 9.15 Å². The second-order valence-corrected chi connectivity index (χ2v) is 8.01. The number of furan rings is 1. The summed E-state index contributed by atoms with van der Waals surface area (Å²) in [6.07, 6.45) is 0.975. The normalized spacial score (nSPS) is 16.2. The monoisotopic (exact) mass is 423 g/mol. The molecule has 0 saturated carbocycles. The third-order valence-corrected chi connectivity index (χ3v) is 5.97. The predicted octanol–water partition coefficient (Wildman–Crippen LogP) is 5.07. The molecule has 2 N–H and O–H groups in total. The first-order valence-corrected chi connectivity index (χ1v) is 10.7. The van der Waals surface area contributed by atoms with Gasteiger partial charge in [0.25, 0.3) is 5.91 Å². The highest BCUT2D eigenvalue weighted by Gasteiger charge is 2.36. The summed E-state index contributed by atoms with van der Waals surface area (Å²) >= 11 is 1.58. The van der Waals surface area contributed by atoms with Crippen LogP contribution in [0.15, 0.2) is 62.7 Å². The lowest BCUT2D eigenvalue weighted by Gasteiger charge is -2.28. The molecule has 0 radical (unpaired) electrons. The number of amides is 1. The molecule has 1 atom stereocenters. The number of carbonyl (C=O) groups excluding carboxylic acids is 1. The van der Waals surface area contributed by atoms with Crippen LogP contribution in [-0.4, -0.2) is 18.8 Å². The van der Waals surface area contributed by atoms with Gasteiger partial charge in [-0.25, -0.2) is 0 Å². The molecule has 2 heterocycles. The number of dihydropyridines is 1. The molecule has 7 heteroatoms. The standard InChI is InChI=1S/C23H25N3O3S/c1-5-12-30-23-16(13-24)21(19-11-10-14(2)29-19)20(15(3)25-23)22(27)26-17-8-6-7-9-18(17)28-4/h6-11,21,25H,5,12H2,1-4H3,(H,26,27). The van der Waals surface area contributed by atoms with Crippen LogP contribution in [0.5, 0.6) is 5.75 Å². The lowest BCUT2D eigenvalue weighted by atomic mass is 9.85. The summed E-state index contributed by atoms with van der Waals surface area (Å²) in [5.74, 6) is 1.84. The van der Waals surface area contributed by atoms with Crippen molar-refractivity contribution < 1.29 is 13.9 Å². The van der Waals surface area contributed by atoms with Crippen LogP contribution in [0.25, 0.3) is 0 Å². The van der Waals surface area contributed by atoms with Crippen LogP contribution < -0.4 is 15.4 Å². The van der Waals surface area contributed by atoms with E-state index in [2.05, 4.69) is 23.6 Å². The molecule has 3 rings (SSSR count). The fourth-order valence-electron chi connectivity index (χ4n) is 3.36. The Hall–Kier alpha value is -3.11. The molecule has 0 saturated heterocycles. The van der Waals surface area contributed by atoms with E-state index >= 15 is 0 Å². The van der Waals surface area contributed by atoms with Gasteiger partial charge in [0.1, 0.15) is 17.3 Å². The minimum atomic E-state index is -0.584. The molecular weight excluding hydrogens is 398 g/mol. The number of anilines is 1. The average molecular weight is 424 g/mol. The van der Waals surface area contributed by atoms with Gasteiger partial charge in [0, 0.05) is 5.70 Å². The fourth-order valence-corrected chi connectivity index (χ4v) is 4.31. The molecule has 1 amide bonds. The highest BCUT2D eigenvalue weighted by Crippen LogP contribution is 2.41. The van der Waals surface area contributed by atoms with E-state index in [0.717, 1.165) is 23.0 Å². The molecule has 0 bridgehead atoms. The summed E-state index contributed by atoms with van der Waals surface area (Å²) in [5.41, 5.74) is 2.19. The molecule has 1 aromatic heterocycles. The molecule has 1 aromatic carbocycles. The first kappa shape index (κ1) is 21.6. The number of benzene rings is 1. The maximum Gasteiger partial charge on any atom is 0.254 e. The fraction of sp³-hybridized carbons (Fsp3) is 0.304. The number of rotatable bonds is 7. The van der Waals surface area contributed by atoms with Crippen LogP contribution in [0.4, 0.5) is 5.69 Å². The molecule has 0 fully saturated rings. The van der Waals surface area contributed by atoms with Gasteiger partial charge in [0.05, 0.1) is 41.0 Å². The van der Waals surface area contributed by atoms with Gasteiger partial charge in [0.2, 0.25) is 0 Å². The summed E-state index contributed by atoms with van der Waals surface area (Å²) in [6, 6.07) is 13.2. The summed E-state index contributed by atoms with van der Waals surface area (Å²) in [7, 11) is 1.56. The highest BCUT2D eigenvalue weighted by atomic mass is 32.2. The zero-order valence-corrected chi connectivity index (χ0v) is 18.4. The number of ether oxygens (including phenoxy) is 1. The van der Waals surface area contributed by atoms with Gasteiger partial charge in [-0.1, -0.05) is 19.1 Å². The Morgan fingerprint density at radius 2 is 2.07 bits per heavy atom. The number of nitrogens with one attached hydrogen (secondary N) is 2. The molecule has 0 aliphatic carbocycles. The first-order chi connectivity index (χ1) is 14.5. The molecule has 1 aliphatic heterocycles. The second kappa shape index (κ2) is 9.59. The van der Waals surface area contributed by atoms with Gasteiger partial charge < -0.3 is 19.8 Å². The molecule has 1 aliphatic rings. The van der Waals surface area contributed by atoms with E-state index in [1.807, 2.05) is 38.1 Å². The van der Waals surface area contributed by atoms with Gasteiger partial charge in [-0.3, -0.25) is 4.79 Å². The largest absolute Gasteiger partial charge is 0.495 e. The van der Waals surface area contributed by atoms with E-state index in [1.165, 1.54) is 0 Å². The van der Waals surface area contributed by atoms with E-state index in [-0.39, 0.29) is 5.91 Å². The van der Waals surface area contributed by atoms with Gasteiger partial charge in [-0.15, -0.1) is 11.8 Å². The molecule has 6 nitrogen and oxygen atoms in total. The number of para-hydroxylation sites is 2. The van der Waals surface area contributed by atoms with Crippen molar-refractivity contribution >= 4 is 23.4 Å². The van der Waals surface area contributed by atoms with Crippen LogP contribution >= 0.6 is 11.8 Å². The van der Waals surface area contributed by atoms with E-state index in [1.54, 1.807) is 31.0 Å².